The van der Waals surface area contributed by atoms with Crippen LogP contribution in [0.2, 0.25) is 5.02 Å². The van der Waals surface area contributed by atoms with Gasteiger partial charge in [0.2, 0.25) is 11.8 Å². The molecule has 0 aliphatic carbocycles. The lowest BCUT2D eigenvalue weighted by Gasteiger charge is -2.11. The van der Waals surface area contributed by atoms with Gasteiger partial charge in [0.05, 0.1) is 6.42 Å². The van der Waals surface area contributed by atoms with Crippen LogP contribution in [0.15, 0.2) is 48.5 Å². The van der Waals surface area contributed by atoms with Crippen molar-refractivity contribution in [1.82, 2.24) is 5.32 Å². The first-order chi connectivity index (χ1) is 12.5. The van der Waals surface area contributed by atoms with Crippen molar-refractivity contribution in [2.24, 2.45) is 0 Å². The average Bonchev–Trinajstić information content (AvgIpc) is 2.57. The van der Waals surface area contributed by atoms with Crippen LogP contribution in [0, 0.1) is 0 Å². The van der Waals surface area contributed by atoms with Crippen molar-refractivity contribution in [3.8, 4) is 0 Å². The molecule has 7 heteroatoms. The Hall–Kier alpha value is -2.44. The normalized spacial score (nSPS) is 10.1. The highest BCUT2D eigenvalue weighted by molar-refractivity contribution is 7.80. The summed E-state index contributed by atoms with van der Waals surface area (Å²) in [5, 5.41) is 9.21. The molecule has 0 saturated heterocycles. The monoisotopic (exact) mass is 389 g/mol. The Kier molecular flexibility index (Phi) is 7.56. The molecule has 0 atom stereocenters. The Morgan fingerprint density at radius 3 is 2.31 bits per heavy atom. The van der Waals surface area contributed by atoms with Crippen molar-refractivity contribution in [3.63, 3.8) is 0 Å². The highest BCUT2D eigenvalue weighted by Crippen LogP contribution is 2.15. The van der Waals surface area contributed by atoms with Gasteiger partial charge in [-0.25, -0.2) is 0 Å². The van der Waals surface area contributed by atoms with E-state index in [0.717, 1.165) is 12.0 Å². The Balaban J connectivity index is 1.87. The van der Waals surface area contributed by atoms with Crippen molar-refractivity contribution in [3.05, 3.63) is 59.1 Å². The van der Waals surface area contributed by atoms with Gasteiger partial charge in [-0.3, -0.25) is 9.59 Å². The van der Waals surface area contributed by atoms with E-state index < -0.39 is 0 Å². The zero-order chi connectivity index (χ0) is 18.9. The van der Waals surface area contributed by atoms with Gasteiger partial charge in [-0.2, -0.15) is 0 Å². The van der Waals surface area contributed by atoms with E-state index in [2.05, 4.69) is 16.0 Å². The predicted molar refractivity (Wildman–Crippen MR) is 109 cm³/mol. The summed E-state index contributed by atoms with van der Waals surface area (Å²) in [6.45, 7) is 1.95. The minimum atomic E-state index is -0.225. The summed E-state index contributed by atoms with van der Waals surface area (Å²) >= 11 is 11.0. The molecule has 0 radical (unpaired) electrons. The van der Waals surface area contributed by atoms with E-state index in [1.54, 1.807) is 48.5 Å². The van der Waals surface area contributed by atoms with Crippen LogP contribution < -0.4 is 16.0 Å². The molecule has 0 aromatic heterocycles. The molecule has 26 heavy (non-hydrogen) atoms. The van der Waals surface area contributed by atoms with Gasteiger partial charge in [0.25, 0.3) is 0 Å². The van der Waals surface area contributed by atoms with Crippen LogP contribution in [-0.4, -0.2) is 16.9 Å². The molecule has 0 bridgehead atoms. The van der Waals surface area contributed by atoms with Gasteiger partial charge in [0.15, 0.2) is 5.11 Å². The number of benzene rings is 2. The van der Waals surface area contributed by atoms with E-state index in [-0.39, 0.29) is 23.3 Å². The molecule has 0 aliphatic rings. The Bertz CT molecular complexity index is 794. The molecule has 0 saturated carbocycles. The SMILES string of the molecule is CCCC(=O)Nc1cccc(NC(=S)NC(=O)Cc2ccc(Cl)cc2)c1. The van der Waals surface area contributed by atoms with E-state index in [1.807, 2.05) is 6.92 Å². The molecule has 0 fully saturated rings. The fourth-order valence-corrected chi connectivity index (χ4v) is 2.60. The second-order valence-electron chi connectivity index (χ2n) is 5.68. The Labute approximate surface area is 163 Å². The molecule has 2 aromatic rings. The molecule has 0 spiro atoms. The molecule has 2 amide bonds. The van der Waals surface area contributed by atoms with Gasteiger partial charge in [-0.1, -0.05) is 36.7 Å². The van der Waals surface area contributed by atoms with Gasteiger partial charge >= 0.3 is 0 Å². The van der Waals surface area contributed by atoms with Crippen LogP contribution in [0.25, 0.3) is 0 Å². The fraction of sp³-hybridized carbons (Fsp3) is 0.211. The Morgan fingerprint density at radius 1 is 1.00 bits per heavy atom. The van der Waals surface area contributed by atoms with Crippen LogP contribution in [0.5, 0.6) is 0 Å². The maximum atomic E-state index is 12.1. The maximum Gasteiger partial charge on any atom is 0.230 e. The van der Waals surface area contributed by atoms with Crippen molar-refractivity contribution in [2.45, 2.75) is 26.2 Å². The van der Waals surface area contributed by atoms with Crippen LogP contribution >= 0.6 is 23.8 Å². The lowest BCUT2D eigenvalue weighted by atomic mass is 10.1. The summed E-state index contributed by atoms with van der Waals surface area (Å²) in [5.74, 6) is -0.263. The van der Waals surface area contributed by atoms with Crippen LogP contribution in [-0.2, 0) is 16.0 Å². The molecule has 5 nitrogen and oxygen atoms in total. The summed E-state index contributed by atoms with van der Waals surface area (Å²) in [4.78, 5) is 23.7. The molecule has 2 aromatic carbocycles. The summed E-state index contributed by atoms with van der Waals surface area (Å²) in [6.07, 6.45) is 1.45. The van der Waals surface area contributed by atoms with Crippen molar-refractivity contribution >= 4 is 52.1 Å². The molecule has 2 rings (SSSR count). The number of hydrogen-bond acceptors (Lipinski definition) is 3. The zero-order valence-corrected chi connectivity index (χ0v) is 15.9. The smallest absolute Gasteiger partial charge is 0.230 e. The van der Waals surface area contributed by atoms with Crippen LogP contribution in [0.4, 0.5) is 11.4 Å². The van der Waals surface area contributed by atoms with E-state index in [1.165, 1.54) is 0 Å². The molecule has 136 valence electrons. The topological polar surface area (TPSA) is 70.2 Å². The highest BCUT2D eigenvalue weighted by Gasteiger charge is 2.07. The number of amides is 2. The van der Waals surface area contributed by atoms with E-state index in [4.69, 9.17) is 23.8 Å². The number of halogens is 1. The van der Waals surface area contributed by atoms with Gasteiger partial charge < -0.3 is 16.0 Å². The largest absolute Gasteiger partial charge is 0.332 e. The predicted octanol–water partition coefficient (Wildman–Crippen LogP) is 4.13. The number of carbonyl (C=O) groups is 2. The molecule has 0 unspecified atom stereocenters. The van der Waals surface area contributed by atoms with Crippen molar-refractivity contribution < 1.29 is 9.59 Å². The van der Waals surface area contributed by atoms with E-state index in [0.29, 0.717) is 22.8 Å². The number of rotatable bonds is 6. The summed E-state index contributed by atoms with van der Waals surface area (Å²) < 4.78 is 0. The lowest BCUT2D eigenvalue weighted by molar-refractivity contribution is -0.119. The van der Waals surface area contributed by atoms with Crippen LogP contribution in [0.1, 0.15) is 25.3 Å². The first-order valence-corrected chi connectivity index (χ1v) is 9.00. The number of nitrogens with one attached hydrogen (secondary N) is 3. The minimum absolute atomic E-state index is 0.0384. The molecule has 0 heterocycles. The first kappa shape index (κ1) is 19.9. The number of carbonyl (C=O) groups excluding carboxylic acids is 2. The van der Waals surface area contributed by atoms with Crippen molar-refractivity contribution in [1.29, 1.82) is 0 Å². The minimum Gasteiger partial charge on any atom is -0.332 e. The second-order valence-corrected chi connectivity index (χ2v) is 6.53. The third-order valence-electron chi connectivity index (χ3n) is 3.41. The molecular weight excluding hydrogens is 370 g/mol. The zero-order valence-electron chi connectivity index (χ0n) is 14.3. The number of anilines is 2. The third kappa shape index (κ3) is 6.82. The fourth-order valence-electron chi connectivity index (χ4n) is 2.25. The van der Waals surface area contributed by atoms with Crippen LogP contribution in [0.3, 0.4) is 0 Å². The number of hydrogen-bond donors (Lipinski definition) is 3. The quantitative estimate of drug-likeness (QED) is 0.649. The van der Waals surface area contributed by atoms with E-state index in [9.17, 15) is 9.59 Å². The third-order valence-corrected chi connectivity index (χ3v) is 3.87. The standard InChI is InChI=1S/C19H20ClN3O2S/c1-2-4-17(24)21-15-5-3-6-16(12-15)22-19(26)23-18(25)11-13-7-9-14(20)10-8-13/h3,5-10,12H,2,4,11H2,1H3,(H,21,24)(H2,22,23,25,26). The average molecular weight is 390 g/mol. The second kappa shape index (κ2) is 9.89. The molecular formula is C19H20ClN3O2S. The van der Waals surface area contributed by atoms with Gasteiger partial charge in [-0.05, 0) is 54.5 Å². The van der Waals surface area contributed by atoms with Gasteiger partial charge in [0, 0.05) is 22.8 Å². The number of thiocarbonyl (C=S) groups is 1. The van der Waals surface area contributed by atoms with Crippen molar-refractivity contribution in [2.75, 3.05) is 10.6 Å². The van der Waals surface area contributed by atoms with Gasteiger partial charge in [-0.15, -0.1) is 0 Å². The highest BCUT2D eigenvalue weighted by atomic mass is 35.5. The van der Waals surface area contributed by atoms with E-state index >= 15 is 0 Å². The maximum absolute atomic E-state index is 12.1. The molecule has 0 aliphatic heterocycles. The Morgan fingerprint density at radius 2 is 1.65 bits per heavy atom. The summed E-state index contributed by atoms with van der Waals surface area (Å²) in [6, 6.07) is 14.2. The summed E-state index contributed by atoms with van der Waals surface area (Å²) in [5.41, 5.74) is 2.19. The summed E-state index contributed by atoms with van der Waals surface area (Å²) in [7, 11) is 0. The lowest BCUT2D eigenvalue weighted by Crippen LogP contribution is -2.35. The van der Waals surface area contributed by atoms with Gasteiger partial charge in [0.1, 0.15) is 0 Å². The first-order valence-electron chi connectivity index (χ1n) is 8.21. The molecule has 3 N–H and O–H groups in total.